The monoisotopic (exact) mass is 358 g/mol. The van der Waals surface area contributed by atoms with Gasteiger partial charge in [0, 0.05) is 12.3 Å². The van der Waals surface area contributed by atoms with Crippen LogP contribution in [-0.4, -0.2) is 28.4 Å². The molecule has 0 radical (unpaired) electrons. The van der Waals surface area contributed by atoms with Crippen molar-refractivity contribution in [3.8, 4) is 5.75 Å². The Morgan fingerprint density at radius 1 is 1.15 bits per heavy atom. The Balaban J connectivity index is 2.30. The number of hydrogen-bond donors (Lipinski definition) is 2. The second-order valence-electron chi connectivity index (χ2n) is 7.61. The molecule has 2 rings (SSSR count). The van der Waals surface area contributed by atoms with Crippen molar-refractivity contribution in [1.29, 1.82) is 0 Å². The first-order chi connectivity index (χ1) is 12.3. The van der Waals surface area contributed by atoms with Crippen molar-refractivity contribution in [3.05, 3.63) is 53.1 Å². The summed E-state index contributed by atoms with van der Waals surface area (Å²) >= 11 is 0. The molecule has 0 saturated heterocycles. The second kappa shape index (κ2) is 9.04. The zero-order chi connectivity index (χ0) is 19.3. The van der Waals surface area contributed by atoms with Crippen LogP contribution in [-0.2, 0) is 4.74 Å². The number of rotatable bonds is 3. The van der Waals surface area contributed by atoms with E-state index in [2.05, 4.69) is 6.08 Å². The molecule has 0 aliphatic heterocycles. The van der Waals surface area contributed by atoms with E-state index in [1.54, 1.807) is 12.1 Å². The summed E-state index contributed by atoms with van der Waals surface area (Å²) in [5.74, 6) is -0.361. The number of carbonyl (C=O) groups is 1. The fourth-order valence-corrected chi connectivity index (χ4v) is 3.54. The molecule has 0 heterocycles. The number of aliphatic hydroxyl groups is 1. The van der Waals surface area contributed by atoms with Gasteiger partial charge in [0.25, 0.3) is 0 Å². The smallest absolute Gasteiger partial charge is 0.338 e. The topological polar surface area (TPSA) is 66.8 Å². The van der Waals surface area contributed by atoms with Gasteiger partial charge in [-0.15, -0.1) is 0 Å². The maximum atomic E-state index is 12.6. The molecule has 1 aliphatic rings. The van der Waals surface area contributed by atoms with Crippen LogP contribution in [0.4, 0.5) is 0 Å². The normalized spacial score (nSPS) is 24.6. The lowest BCUT2D eigenvalue weighted by molar-refractivity contribution is -0.0216. The summed E-state index contributed by atoms with van der Waals surface area (Å²) in [6, 6.07) is 6.03. The van der Waals surface area contributed by atoms with Gasteiger partial charge < -0.3 is 14.9 Å². The Morgan fingerprint density at radius 2 is 1.81 bits per heavy atom. The number of aliphatic hydroxyl groups excluding tert-OH is 1. The molecule has 0 saturated carbocycles. The van der Waals surface area contributed by atoms with Crippen LogP contribution < -0.4 is 0 Å². The van der Waals surface area contributed by atoms with Gasteiger partial charge >= 0.3 is 5.97 Å². The Hall–Kier alpha value is -2.07. The third-order valence-corrected chi connectivity index (χ3v) is 4.96. The van der Waals surface area contributed by atoms with E-state index in [0.29, 0.717) is 12.0 Å². The number of ether oxygens (including phenoxy) is 1. The summed E-state index contributed by atoms with van der Waals surface area (Å²) < 4.78 is 5.85. The Kier molecular flexibility index (Phi) is 7.04. The minimum absolute atomic E-state index is 0.107. The first-order valence-electron chi connectivity index (χ1n) is 9.29. The van der Waals surface area contributed by atoms with Gasteiger partial charge in [-0.25, -0.2) is 4.79 Å². The van der Waals surface area contributed by atoms with E-state index in [-0.39, 0.29) is 17.6 Å². The summed E-state index contributed by atoms with van der Waals surface area (Å²) in [4.78, 5) is 12.6. The molecule has 0 spiro atoms. The van der Waals surface area contributed by atoms with E-state index < -0.39 is 18.2 Å². The van der Waals surface area contributed by atoms with Crippen LogP contribution in [0.5, 0.6) is 5.75 Å². The minimum atomic E-state index is -0.654. The standard InChI is InChI=1S/C22H30O4/c1-14(2)21-19(24)12-15(3)6-5-7-16(4)13-20(21)26-22(25)17-8-10-18(23)11-9-17/h7-12,14,19-21,23-24H,5-6,13H2,1-4H3/t19-,20-,21-/m0/s1. The van der Waals surface area contributed by atoms with Gasteiger partial charge in [0.1, 0.15) is 11.9 Å². The van der Waals surface area contributed by atoms with Gasteiger partial charge in [0.15, 0.2) is 0 Å². The zero-order valence-electron chi connectivity index (χ0n) is 16.1. The molecular formula is C22H30O4. The van der Waals surface area contributed by atoms with Crippen LogP contribution in [0.25, 0.3) is 0 Å². The SMILES string of the molecule is CC1=C[C@H](O)[C@H](C(C)C)[C@@H](OC(=O)c2ccc(O)cc2)CC(C)=CCC1. The van der Waals surface area contributed by atoms with Gasteiger partial charge in [-0.05, 0) is 56.9 Å². The van der Waals surface area contributed by atoms with Crippen LogP contribution >= 0.6 is 0 Å². The predicted octanol–water partition coefficient (Wildman–Crippen LogP) is 4.63. The molecule has 0 bridgehead atoms. The van der Waals surface area contributed by atoms with Crippen LogP contribution in [0, 0.1) is 11.8 Å². The van der Waals surface area contributed by atoms with Crippen molar-refractivity contribution in [2.24, 2.45) is 11.8 Å². The molecule has 0 amide bonds. The predicted molar refractivity (Wildman–Crippen MR) is 103 cm³/mol. The van der Waals surface area contributed by atoms with Crippen molar-refractivity contribution >= 4 is 5.97 Å². The van der Waals surface area contributed by atoms with Gasteiger partial charge in [-0.1, -0.05) is 37.1 Å². The number of aromatic hydroxyl groups is 1. The van der Waals surface area contributed by atoms with Crippen LogP contribution in [0.2, 0.25) is 0 Å². The van der Waals surface area contributed by atoms with Gasteiger partial charge in [0.05, 0.1) is 11.7 Å². The maximum absolute atomic E-state index is 12.6. The van der Waals surface area contributed by atoms with Crippen LogP contribution in [0.3, 0.4) is 0 Å². The minimum Gasteiger partial charge on any atom is -0.508 e. The quantitative estimate of drug-likeness (QED) is 0.611. The molecular weight excluding hydrogens is 328 g/mol. The molecule has 142 valence electrons. The van der Waals surface area contributed by atoms with Crippen molar-refractivity contribution in [3.63, 3.8) is 0 Å². The average Bonchev–Trinajstić information content (AvgIpc) is 2.54. The summed E-state index contributed by atoms with van der Waals surface area (Å²) in [6.07, 6.45) is 5.48. The molecule has 3 atom stereocenters. The lowest BCUT2D eigenvalue weighted by Gasteiger charge is -2.33. The number of esters is 1. The van der Waals surface area contributed by atoms with E-state index in [9.17, 15) is 15.0 Å². The number of carbonyl (C=O) groups excluding carboxylic acids is 1. The largest absolute Gasteiger partial charge is 0.508 e. The molecule has 1 aliphatic carbocycles. The highest BCUT2D eigenvalue weighted by Gasteiger charge is 2.33. The molecule has 4 nitrogen and oxygen atoms in total. The lowest BCUT2D eigenvalue weighted by Crippen LogP contribution is -2.38. The second-order valence-corrected chi connectivity index (χ2v) is 7.61. The Morgan fingerprint density at radius 3 is 2.42 bits per heavy atom. The average molecular weight is 358 g/mol. The molecule has 26 heavy (non-hydrogen) atoms. The lowest BCUT2D eigenvalue weighted by atomic mass is 9.81. The molecule has 1 aromatic carbocycles. The van der Waals surface area contributed by atoms with Crippen molar-refractivity contribution in [2.75, 3.05) is 0 Å². The molecule has 2 N–H and O–H groups in total. The maximum Gasteiger partial charge on any atom is 0.338 e. The zero-order valence-corrected chi connectivity index (χ0v) is 16.1. The van der Waals surface area contributed by atoms with E-state index in [0.717, 1.165) is 18.4 Å². The Labute approximate surface area is 156 Å². The summed E-state index contributed by atoms with van der Waals surface area (Å²) in [6.45, 7) is 8.17. The number of benzene rings is 1. The number of allylic oxidation sites excluding steroid dienone is 2. The van der Waals surface area contributed by atoms with Gasteiger partial charge in [-0.2, -0.15) is 0 Å². The third kappa shape index (κ3) is 5.46. The first-order valence-corrected chi connectivity index (χ1v) is 9.29. The first kappa shape index (κ1) is 20.2. The fourth-order valence-electron chi connectivity index (χ4n) is 3.54. The highest BCUT2D eigenvalue weighted by molar-refractivity contribution is 5.89. The van der Waals surface area contributed by atoms with E-state index in [1.165, 1.54) is 17.7 Å². The Bertz CT molecular complexity index is 670. The highest BCUT2D eigenvalue weighted by Crippen LogP contribution is 2.30. The van der Waals surface area contributed by atoms with Crippen LogP contribution in [0.1, 0.15) is 57.3 Å². The van der Waals surface area contributed by atoms with Crippen molar-refractivity contribution < 1.29 is 19.7 Å². The molecule has 0 unspecified atom stereocenters. The number of phenols is 1. The van der Waals surface area contributed by atoms with Crippen molar-refractivity contribution in [2.45, 2.75) is 59.2 Å². The summed E-state index contributed by atoms with van der Waals surface area (Å²) in [5.41, 5.74) is 2.71. The molecule has 1 aromatic rings. The number of hydrogen-bond acceptors (Lipinski definition) is 4. The fraction of sp³-hybridized carbons (Fsp3) is 0.500. The molecule has 0 fully saturated rings. The number of phenolic OH excluding ortho intramolecular Hbond substituents is 1. The summed E-state index contributed by atoms with van der Waals surface area (Å²) in [7, 11) is 0. The highest BCUT2D eigenvalue weighted by atomic mass is 16.5. The molecule has 0 aromatic heterocycles. The van der Waals surface area contributed by atoms with Crippen molar-refractivity contribution in [1.82, 2.24) is 0 Å². The van der Waals surface area contributed by atoms with E-state index in [1.807, 2.05) is 33.8 Å². The summed E-state index contributed by atoms with van der Waals surface area (Å²) in [5, 5.41) is 20.2. The van der Waals surface area contributed by atoms with Gasteiger partial charge in [-0.3, -0.25) is 0 Å². The van der Waals surface area contributed by atoms with E-state index in [4.69, 9.17) is 4.74 Å². The van der Waals surface area contributed by atoms with Crippen LogP contribution in [0.15, 0.2) is 47.6 Å². The van der Waals surface area contributed by atoms with Gasteiger partial charge in [0.2, 0.25) is 0 Å². The van der Waals surface area contributed by atoms with E-state index >= 15 is 0 Å². The molecule has 4 heteroatoms. The third-order valence-electron chi connectivity index (χ3n) is 4.96.